The molecule has 0 aliphatic rings. The lowest BCUT2D eigenvalue weighted by Crippen LogP contribution is -2.19. The minimum atomic E-state index is -0.575. The zero-order valence-corrected chi connectivity index (χ0v) is 10.7. The van der Waals surface area contributed by atoms with Crippen LogP contribution in [0.1, 0.15) is 41.5 Å². The lowest BCUT2D eigenvalue weighted by molar-refractivity contribution is 0.401. The molecule has 1 heterocycles. The monoisotopic (exact) mass is 247 g/mol. The minimum Gasteiger partial charge on any atom is -0.391 e. The van der Waals surface area contributed by atoms with Crippen LogP contribution in [0.15, 0.2) is 27.4 Å². The van der Waals surface area contributed by atoms with Crippen LogP contribution in [-0.4, -0.2) is 10.2 Å². The fourth-order valence-corrected chi connectivity index (χ4v) is 2.06. The molecule has 0 saturated heterocycles. The van der Waals surface area contributed by atoms with E-state index in [-0.39, 0.29) is 11.8 Å². The molecule has 18 heavy (non-hydrogen) atoms. The molecule has 0 radical (unpaired) electrons. The Balaban J connectivity index is 2.33. The van der Waals surface area contributed by atoms with Gasteiger partial charge in [-0.1, -0.05) is 25.1 Å². The molecule has 0 spiro atoms. The number of nitrogens with zero attached hydrogens (tertiary/aromatic N) is 1. The smallest absolute Gasteiger partial charge is 0.391 e. The fraction of sp³-hybridized carbons (Fsp3) is 0.385. The van der Waals surface area contributed by atoms with Gasteiger partial charge in [0.05, 0.1) is 6.04 Å². The number of aromatic amines is 1. The van der Waals surface area contributed by atoms with Crippen LogP contribution in [0, 0.1) is 13.8 Å². The molecule has 0 amide bonds. The number of rotatable bonds is 3. The van der Waals surface area contributed by atoms with Crippen molar-refractivity contribution >= 4 is 0 Å². The number of benzene rings is 1. The Labute approximate surface area is 105 Å². The standard InChI is InChI=1S/C13H17N3O2/c1-7-5-4-6-10(8(7)2)9(3)11(14)12-15-16-13(17)18-12/h4-6,9,11H,14H2,1-3H3,(H,16,17)/t9-,11+/m1/s1. The van der Waals surface area contributed by atoms with Crippen LogP contribution in [0.3, 0.4) is 0 Å². The highest BCUT2D eigenvalue weighted by Crippen LogP contribution is 2.30. The maximum atomic E-state index is 10.9. The normalized spacial score (nSPS) is 14.4. The molecule has 0 fully saturated rings. The van der Waals surface area contributed by atoms with Crippen molar-refractivity contribution in [3.8, 4) is 0 Å². The molecule has 96 valence electrons. The zero-order chi connectivity index (χ0) is 13.3. The third kappa shape index (κ3) is 2.22. The van der Waals surface area contributed by atoms with Crippen molar-refractivity contribution in [1.82, 2.24) is 10.2 Å². The number of hydrogen-bond donors (Lipinski definition) is 2. The van der Waals surface area contributed by atoms with E-state index in [1.54, 1.807) is 0 Å². The molecule has 1 aromatic carbocycles. The number of hydrogen-bond acceptors (Lipinski definition) is 4. The molecular weight excluding hydrogens is 230 g/mol. The topological polar surface area (TPSA) is 84.9 Å². The molecule has 5 heteroatoms. The van der Waals surface area contributed by atoms with Crippen LogP contribution >= 0.6 is 0 Å². The second-order valence-electron chi connectivity index (χ2n) is 4.55. The summed E-state index contributed by atoms with van der Waals surface area (Å²) in [5, 5.41) is 6.01. The zero-order valence-electron chi connectivity index (χ0n) is 10.7. The number of H-pyrrole nitrogens is 1. The summed E-state index contributed by atoms with van der Waals surface area (Å²) >= 11 is 0. The molecule has 3 N–H and O–H groups in total. The van der Waals surface area contributed by atoms with Gasteiger partial charge in [0, 0.05) is 5.92 Å². The van der Waals surface area contributed by atoms with Crippen molar-refractivity contribution < 1.29 is 4.42 Å². The predicted octanol–water partition coefficient (Wildman–Crippen LogP) is 1.78. The van der Waals surface area contributed by atoms with Crippen LogP contribution in [0.5, 0.6) is 0 Å². The van der Waals surface area contributed by atoms with Gasteiger partial charge in [-0.3, -0.25) is 0 Å². The fourth-order valence-electron chi connectivity index (χ4n) is 2.06. The van der Waals surface area contributed by atoms with Gasteiger partial charge < -0.3 is 10.2 Å². The quantitative estimate of drug-likeness (QED) is 0.865. The van der Waals surface area contributed by atoms with E-state index in [1.807, 2.05) is 19.1 Å². The van der Waals surface area contributed by atoms with Crippen molar-refractivity contribution in [1.29, 1.82) is 0 Å². The van der Waals surface area contributed by atoms with Gasteiger partial charge in [-0.15, -0.1) is 5.10 Å². The lowest BCUT2D eigenvalue weighted by atomic mass is 9.89. The Kier molecular flexibility index (Phi) is 3.34. The number of nitrogens with two attached hydrogens (primary N) is 1. The molecule has 0 aliphatic heterocycles. The predicted molar refractivity (Wildman–Crippen MR) is 68.4 cm³/mol. The maximum absolute atomic E-state index is 10.9. The van der Waals surface area contributed by atoms with Gasteiger partial charge in [0.25, 0.3) is 0 Å². The maximum Gasteiger partial charge on any atom is 0.434 e. The van der Waals surface area contributed by atoms with Gasteiger partial charge in [-0.05, 0) is 30.5 Å². The molecule has 5 nitrogen and oxygen atoms in total. The summed E-state index contributed by atoms with van der Waals surface area (Å²) in [7, 11) is 0. The molecule has 0 unspecified atom stereocenters. The van der Waals surface area contributed by atoms with Crippen LogP contribution in [-0.2, 0) is 0 Å². The molecule has 2 aromatic rings. The third-order valence-electron chi connectivity index (χ3n) is 3.42. The Bertz CT molecular complexity index is 600. The van der Waals surface area contributed by atoms with Gasteiger partial charge in [0.2, 0.25) is 5.89 Å². The van der Waals surface area contributed by atoms with Gasteiger partial charge in [0.1, 0.15) is 0 Å². The molecular formula is C13H17N3O2. The minimum absolute atomic E-state index is 0.0244. The van der Waals surface area contributed by atoms with Gasteiger partial charge in [0.15, 0.2) is 0 Å². The Morgan fingerprint density at radius 3 is 2.72 bits per heavy atom. The van der Waals surface area contributed by atoms with Crippen molar-refractivity contribution in [2.45, 2.75) is 32.7 Å². The summed E-state index contributed by atoms with van der Waals surface area (Å²) in [6.07, 6.45) is 0. The SMILES string of the molecule is Cc1cccc([C@@H](C)[C@H](N)c2n[nH]c(=O)o2)c1C. The first-order chi connectivity index (χ1) is 8.50. The van der Waals surface area contributed by atoms with Crippen molar-refractivity contribution in [2.24, 2.45) is 5.73 Å². The summed E-state index contributed by atoms with van der Waals surface area (Å²) in [5.74, 6) is -0.307. The summed E-state index contributed by atoms with van der Waals surface area (Å²) in [4.78, 5) is 10.9. The summed E-state index contributed by atoms with van der Waals surface area (Å²) in [6.45, 7) is 6.13. The van der Waals surface area contributed by atoms with E-state index in [9.17, 15) is 4.79 Å². The average molecular weight is 247 g/mol. The first kappa shape index (κ1) is 12.6. The number of nitrogens with one attached hydrogen (secondary N) is 1. The summed E-state index contributed by atoms with van der Waals surface area (Å²) in [6, 6.07) is 5.66. The van der Waals surface area contributed by atoms with Crippen molar-refractivity contribution in [3.05, 3.63) is 51.3 Å². The molecule has 0 bridgehead atoms. The van der Waals surface area contributed by atoms with Gasteiger partial charge in [-0.2, -0.15) is 0 Å². The van der Waals surface area contributed by atoms with Crippen LogP contribution in [0.25, 0.3) is 0 Å². The third-order valence-corrected chi connectivity index (χ3v) is 3.42. The van der Waals surface area contributed by atoms with E-state index in [1.165, 1.54) is 11.1 Å². The second-order valence-corrected chi connectivity index (χ2v) is 4.55. The summed E-state index contributed by atoms with van der Waals surface area (Å²) < 4.78 is 4.91. The largest absolute Gasteiger partial charge is 0.434 e. The Hall–Kier alpha value is -1.88. The molecule has 2 rings (SSSR count). The van der Waals surface area contributed by atoms with Crippen LogP contribution in [0.2, 0.25) is 0 Å². The number of aryl methyl sites for hydroxylation is 1. The molecule has 2 atom stereocenters. The number of aromatic nitrogens is 2. The molecule has 0 saturated carbocycles. The second kappa shape index (κ2) is 4.78. The van der Waals surface area contributed by atoms with E-state index >= 15 is 0 Å². The van der Waals surface area contributed by atoms with Crippen LogP contribution in [0.4, 0.5) is 0 Å². The highest BCUT2D eigenvalue weighted by molar-refractivity contribution is 5.36. The Morgan fingerprint density at radius 1 is 1.39 bits per heavy atom. The highest BCUT2D eigenvalue weighted by Gasteiger charge is 2.23. The first-order valence-corrected chi connectivity index (χ1v) is 5.87. The first-order valence-electron chi connectivity index (χ1n) is 5.87. The summed E-state index contributed by atoms with van der Waals surface area (Å²) in [5.41, 5.74) is 9.66. The van der Waals surface area contributed by atoms with E-state index < -0.39 is 11.8 Å². The van der Waals surface area contributed by atoms with Gasteiger partial charge in [-0.25, -0.2) is 9.89 Å². The van der Waals surface area contributed by atoms with Crippen molar-refractivity contribution in [2.75, 3.05) is 0 Å². The Morgan fingerprint density at radius 2 is 2.11 bits per heavy atom. The van der Waals surface area contributed by atoms with E-state index in [4.69, 9.17) is 10.2 Å². The van der Waals surface area contributed by atoms with E-state index in [0.29, 0.717) is 0 Å². The van der Waals surface area contributed by atoms with Gasteiger partial charge >= 0.3 is 5.76 Å². The van der Waals surface area contributed by atoms with E-state index in [2.05, 4.69) is 30.1 Å². The molecule has 0 aliphatic carbocycles. The average Bonchev–Trinajstić information content (AvgIpc) is 2.77. The molecule has 1 aromatic heterocycles. The van der Waals surface area contributed by atoms with Crippen molar-refractivity contribution in [3.63, 3.8) is 0 Å². The lowest BCUT2D eigenvalue weighted by Gasteiger charge is -2.20. The van der Waals surface area contributed by atoms with E-state index in [0.717, 1.165) is 5.56 Å². The van der Waals surface area contributed by atoms with Crippen LogP contribution < -0.4 is 11.5 Å². The highest BCUT2D eigenvalue weighted by atomic mass is 16.4.